The molecule has 1 aromatic heterocycles. The third-order valence-corrected chi connectivity index (χ3v) is 4.68. The summed E-state index contributed by atoms with van der Waals surface area (Å²) in [5, 5.41) is 9.55. The molecule has 1 N–H and O–H groups in total. The van der Waals surface area contributed by atoms with Crippen molar-refractivity contribution in [2.75, 3.05) is 39.8 Å². The average Bonchev–Trinajstić information content (AvgIpc) is 2.82. The van der Waals surface area contributed by atoms with Crippen LogP contribution in [0.1, 0.15) is 5.82 Å². The van der Waals surface area contributed by atoms with Gasteiger partial charge in [0.2, 0.25) is 0 Å². The lowest BCUT2D eigenvalue weighted by Gasteiger charge is -2.34. The Bertz CT molecular complexity index is 764. The Kier molecular flexibility index (Phi) is 5.58. The number of morpholine rings is 1. The summed E-state index contributed by atoms with van der Waals surface area (Å²) in [4.78, 5) is 19.6. The molecule has 1 aromatic carbocycles. The lowest BCUT2D eigenvalue weighted by molar-refractivity contribution is -0.138. The normalized spacial score (nSPS) is 19.0. The number of fused-ring (bicyclic) bond motifs is 1. The molecule has 1 fully saturated rings. The van der Waals surface area contributed by atoms with Gasteiger partial charge in [-0.3, -0.25) is 14.6 Å². The van der Waals surface area contributed by atoms with Crippen molar-refractivity contribution >= 4 is 28.6 Å². The van der Waals surface area contributed by atoms with E-state index in [0.29, 0.717) is 18.2 Å². The van der Waals surface area contributed by atoms with E-state index in [1.165, 1.54) is 0 Å². The molecule has 2 aromatic rings. The molecular formula is C17H23ClN4O3. The topological polar surface area (TPSA) is 70.8 Å². The standard InChI is InChI=1S/C17H23ClN4O3/c1-20(11-17(23)24)8-13-9-22(5-6-25-13)10-16-19-14-7-12(18)3-4-15(14)21(16)2/h3-4,7,13H,5-6,8-11H2,1-2H3,(H,23,24). The van der Waals surface area contributed by atoms with Gasteiger partial charge in [0.25, 0.3) is 0 Å². The van der Waals surface area contributed by atoms with E-state index in [9.17, 15) is 4.79 Å². The number of aryl methyl sites for hydroxylation is 1. The number of hydrogen-bond donors (Lipinski definition) is 1. The first-order valence-corrected chi connectivity index (χ1v) is 8.65. The molecule has 0 amide bonds. The molecule has 1 aliphatic rings. The van der Waals surface area contributed by atoms with Crippen LogP contribution in [0.25, 0.3) is 11.0 Å². The molecule has 7 nitrogen and oxygen atoms in total. The van der Waals surface area contributed by atoms with Gasteiger partial charge in [-0.25, -0.2) is 4.98 Å². The fraction of sp³-hybridized carbons (Fsp3) is 0.529. The molecule has 3 rings (SSSR count). The maximum atomic E-state index is 10.8. The van der Waals surface area contributed by atoms with Gasteiger partial charge in [0, 0.05) is 31.7 Å². The third kappa shape index (κ3) is 4.49. The predicted octanol–water partition coefficient (Wildman–Crippen LogP) is 1.44. The van der Waals surface area contributed by atoms with Gasteiger partial charge in [0.1, 0.15) is 5.82 Å². The lowest BCUT2D eigenvalue weighted by Crippen LogP contribution is -2.47. The minimum absolute atomic E-state index is 0.00206. The third-order valence-electron chi connectivity index (χ3n) is 4.44. The zero-order valence-electron chi connectivity index (χ0n) is 14.5. The Hall–Kier alpha value is -1.67. The van der Waals surface area contributed by atoms with Crippen molar-refractivity contribution in [2.24, 2.45) is 7.05 Å². The monoisotopic (exact) mass is 366 g/mol. The second-order valence-electron chi connectivity index (χ2n) is 6.54. The molecule has 2 heterocycles. The minimum atomic E-state index is -0.825. The highest BCUT2D eigenvalue weighted by Crippen LogP contribution is 2.21. The quantitative estimate of drug-likeness (QED) is 0.834. The van der Waals surface area contributed by atoms with Crippen LogP contribution in [0.15, 0.2) is 18.2 Å². The lowest BCUT2D eigenvalue weighted by atomic mass is 10.2. The molecule has 0 bridgehead atoms. The van der Waals surface area contributed by atoms with Gasteiger partial charge in [-0.05, 0) is 25.2 Å². The fourth-order valence-corrected chi connectivity index (χ4v) is 3.41. The summed E-state index contributed by atoms with van der Waals surface area (Å²) < 4.78 is 7.87. The number of carboxylic acids is 1. The van der Waals surface area contributed by atoms with Gasteiger partial charge in [0.15, 0.2) is 0 Å². The van der Waals surface area contributed by atoms with Crippen molar-refractivity contribution in [3.63, 3.8) is 0 Å². The number of ether oxygens (including phenoxy) is 1. The number of aromatic nitrogens is 2. The van der Waals surface area contributed by atoms with Gasteiger partial charge < -0.3 is 14.4 Å². The predicted molar refractivity (Wildman–Crippen MR) is 95.9 cm³/mol. The number of carbonyl (C=O) groups is 1. The summed E-state index contributed by atoms with van der Waals surface area (Å²) in [5.74, 6) is 0.158. The van der Waals surface area contributed by atoms with Crippen LogP contribution in [0.5, 0.6) is 0 Å². The van der Waals surface area contributed by atoms with Crippen molar-refractivity contribution in [1.29, 1.82) is 0 Å². The highest BCUT2D eigenvalue weighted by molar-refractivity contribution is 6.31. The molecule has 1 unspecified atom stereocenters. The van der Waals surface area contributed by atoms with Crippen LogP contribution >= 0.6 is 11.6 Å². The number of imidazole rings is 1. The van der Waals surface area contributed by atoms with Crippen molar-refractivity contribution in [1.82, 2.24) is 19.4 Å². The number of benzene rings is 1. The summed E-state index contributed by atoms with van der Waals surface area (Å²) in [6, 6.07) is 5.74. The van der Waals surface area contributed by atoms with Gasteiger partial charge >= 0.3 is 5.97 Å². The Balaban J connectivity index is 1.64. The van der Waals surface area contributed by atoms with Crippen molar-refractivity contribution in [2.45, 2.75) is 12.6 Å². The summed E-state index contributed by atoms with van der Waals surface area (Å²) in [7, 11) is 3.81. The number of aliphatic carboxylic acids is 1. The number of likely N-dealkylation sites (N-methyl/N-ethyl adjacent to an activating group) is 1. The van der Waals surface area contributed by atoms with Crippen LogP contribution in [-0.4, -0.2) is 76.4 Å². The zero-order valence-corrected chi connectivity index (χ0v) is 15.2. The van der Waals surface area contributed by atoms with Crippen LogP contribution < -0.4 is 0 Å². The van der Waals surface area contributed by atoms with Crippen molar-refractivity contribution in [3.8, 4) is 0 Å². The summed E-state index contributed by atoms with van der Waals surface area (Å²) in [6.07, 6.45) is 0.00206. The van der Waals surface area contributed by atoms with Crippen LogP contribution in [0.4, 0.5) is 0 Å². The van der Waals surface area contributed by atoms with Crippen LogP contribution in [0.2, 0.25) is 5.02 Å². The second-order valence-corrected chi connectivity index (χ2v) is 6.97. The van der Waals surface area contributed by atoms with E-state index in [2.05, 4.69) is 9.47 Å². The van der Waals surface area contributed by atoms with Gasteiger partial charge in [-0.15, -0.1) is 0 Å². The number of nitrogens with zero attached hydrogens (tertiary/aromatic N) is 4. The highest BCUT2D eigenvalue weighted by Gasteiger charge is 2.23. The molecule has 0 aliphatic carbocycles. The van der Waals surface area contributed by atoms with E-state index >= 15 is 0 Å². The minimum Gasteiger partial charge on any atom is -0.480 e. The van der Waals surface area contributed by atoms with Crippen molar-refractivity contribution in [3.05, 3.63) is 29.0 Å². The van der Waals surface area contributed by atoms with Gasteiger partial charge in [0.05, 0.1) is 36.8 Å². The Morgan fingerprint density at radius 3 is 3.08 bits per heavy atom. The molecule has 1 saturated heterocycles. The zero-order chi connectivity index (χ0) is 18.0. The van der Waals surface area contributed by atoms with Crippen molar-refractivity contribution < 1.29 is 14.6 Å². The first-order valence-electron chi connectivity index (χ1n) is 8.27. The molecule has 1 atom stereocenters. The molecule has 0 saturated carbocycles. The first kappa shape index (κ1) is 18.1. The van der Waals surface area contributed by atoms with Gasteiger partial charge in [-0.1, -0.05) is 11.6 Å². The van der Waals surface area contributed by atoms with E-state index in [-0.39, 0.29) is 12.6 Å². The molecule has 8 heteroatoms. The Labute approximate surface area is 151 Å². The van der Waals surface area contributed by atoms with E-state index in [4.69, 9.17) is 26.4 Å². The summed E-state index contributed by atoms with van der Waals surface area (Å²) in [6.45, 7) is 3.58. The number of halogens is 1. The number of hydrogen-bond acceptors (Lipinski definition) is 5. The summed E-state index contributed by atoms with van der Waals surface area (Å²) in [5.41, 5.74) is 1.96. The highest BCUT2D eigenvalue weighted by atomic mass is 35.5. The molecule has 0 spiro atoms. The Morgan fingerprint density at radius 2 is 2.32 bits per heavy atom. The van der Waals surface area contributed by atoms with Crippen LogP contribution in [0.3, 0.4) is 0 Å². The van der Waals surface area contributed by atoms with Crippen LogP contribution in [0, 0.1) is 0 Å². The average molecular weight is 367 g/mol. The van der Waals surface area contributed by atoms with E-state index in [0.717, 1.165) is 36.5 Å². The number of rotatable bonds is 6. The maximum absolute atomic E-state index is 10.8. The summed E-state index contributed by atoms with van der Waals surface area (Å²) >= 11 is 6.05. The first-order chi connectivity index (χ1) is 11.9. The molecule has 25 heavy (non-hydrogen) atoms. The smallest absolute Gasteiger partial charge is 0.317 e. The van der Waals surface area contributed by atoms with Gasteiger partial charge in [-0.2, -0.15) is 0 Å². The Morgan fingerprint density at radius 1 is 1.52 bits per heavy atom. The molecule has 0 radical (unpaired) electrons. The molecule has 1 aliphatic heterocycles. The van der Waals surface area contributed by atoms with E-state index in [1.807, 2.05) is 25.2 Å². The maximum Gasteiger partial charge on any atom is 0.317 e. The largest absolute Gasteiger partial charge is 0.480 e. The molecule has 136 valence electrons. The SMILES string of the molecule is CN(CC(=O)O)CC1CN(Cc2nc3cc(Cl)ccc3n2C)CCO1. The fourth-order valence-electron chi connectivity index (χ4n) is 3.24. The van der Waals surface area contributed by atoms with E-state index < -0.39 is 5.97 Å². The van der Waals surface area contributed by atoms with Crippen LogP contribution in [-0.2, 0) is 23.1 Å². The number of carboxylic acid groups (broad SMARTS) is 1. The van der Waals surface area contributed by atoms with E-state index in [1.54, 1.807) is 11.9 Å². The second kappa shape index (κ2) is 7.70. The molecular weight excluding hydrogens is 344 g/mol.